The van der Waals surface area contributed by atoms with Gasteiger partial charge in [0.05, 0.1) is 15.6 Å². The van der Waals surface area contributed by atoms with E-state index in [1.165, 1.54) is 0 Å². The first-order valence-corrected chi connectivity index (χ1v) is 10.6. The normalized spacial score (nSPS) is 12.3. The first kappa shape index (κ1) is 21.0. The van der Waals surface area contributed by atoms with Crippen molar-refractivity contribution in [3.05, 3.63) is 95.3 Å². The molecule has 0 spiro atoms. The lowest BCUT2D eigenvalue weighted by molar-refractivity contribution is -0.117. The molecule has 1 atom stereocenters. The third-order valence-corrected chi connectivity index (χ3v) is 5.97. The summed E-state index contributed by atoms with van der Waals surface area (Å²) in [6, 6.07) is 18.9. The predicted octanol–water partition coefficient (Wildman–Crippen LogP) is 4.01. The lowest BCUT2D eigenvalue weighted by Crippen LogP contribution is -2.45. The van der Waals surface area contributed by atoms with Gasteiger partial charge in [-0.25, -0.2) is 12.8 Å². The molecule has 3 aromatic carbocycles. The summed E-state index contributed by atoms with van der Waals surface area (Å²) in [4.78, 5) is 12.7. The second-order valence-corrected chi connectivity index (χ2v) is 8.41. The van der Waals surface area contributed by atoms with Gasteiger partial charge in [0.15, 0.2) is 0 Å². The van der Waals surface area contributed by atoms with Crippen molar-refractivity contribution in [3.8, 4) is 0 Å². The van der Waals surface area contributed by atoms with Gasteiger partial charge in [-0.2, -0.15) is 4.72 Å². The Balaban J connectivity index is 1.87. The molecule has 0 aliphatic heterocycles. The number of halogens is 2. The molecular formula is C21H18ClFN2O3S. The van der Waals surface area contributed by atoms with Crippen LogP contribution in [0.3, 0.4) is 0 Å². The molecule has 0 saturated carbocycles. The van der Waals surface area contributed by atoms with Gasteiger partial charge in [0.25, 0.3) is 0 Å². The molecule has 0 unspecified atom stereocenters. The van der Waals surface area contributed by atoms with Crippen LogP contribution >= 0.6 is 11.6 Å². The Labute approximate surface area is 173 Å². The van der Waals surface area contributed by atoms with E-state index in [2.05, 4.69) is 10.0 Å². The molecule has 0 fully saturated rings. The predicted molar refractivity (Wildman–Crippen MR) is 111 cm³/mol. The standard InChI is InChI=1S/C21H18ClFN2O3S/c22-18-8-4-5-9-19(18)24-21(26)20(14-15-6-2-1-3-7-15)25-29(27,28)17-12-10-16(23)11-13-17/h1-13,20,25H,14H2,(H,24,26)/t20-/m1/s1. The minimum atomic E-state index is -4.05. The summed E-state index contributed by atoms with van der Waals surface area (Å²) in [6.07, 6.45) is 0.123. The van der Waals surface area contributed by atoms with E-state index in [4.69, 9.17) is 11.6 Å². The van der Waals surface area contributed by atoms with E-state index in [-0.39, 0.29) is 11.3 Å². The van der Waals surface area contributed by atoms with E-state index in [1.807, 2.05) is 6.07 Å². The van der Waals surface area contributed by atoms with Crippen molar-refractivity contribution >= 4 is 33.2 Å². The van der Waals surface area contributed by atoms with Crippen LogP contribution in [0.2, 0.25) is 5.02 Å². The number of rotatable bonds is 7. The van der Waals surface area contributed by atoms with E-state index in [1.54, 1.807) is 48.5 Å². The van der Waals surface area contributed by atoms with Gasteiger partial charge in [-0.3, -0.25) is 4.79 Å². The van der Waals surface area contributed by atoms with Gasteiger partial charge in [-0.05, 0) is 48.4 Å². The van der Waals surface area contributed by atoms with Gasteiger partial charge < -0.3 is 5.32 Å². The second kappa shape index (κ2) is 9.17. The Morgan fingerprint density at radius 2 is 1.55 bits per heavy atom. The summed E-state index contributed by atoms with van der Waals surface area (Å²) in [5.74, 6) is -1.12. The fraction of sp³-hybridized carbons (Fsp3) is 0.0952. The SMILES string of the molecule is O=C(Nc1ccccc1Cl)[C@@H](Cc1ccccc1)NS(=O)(=O)c1ccc(F)cc1. The number of carbonyl (C=O) groups is 1. The average Bonchev–Trinajstić information content (AvgIpc) is 2.70. The third kappa shape index (κ3) is 5.63. The molecule has 3 rings (SSSR count). The Morgan fingerprint density at radius 3 is 2.21 bits per heavy atom. The molecule has 0 bridgehead atoms. The molecule has 0 aromatic heterocycles. The summed E-state index contributed by atoms with van der Waals surface area (Å²) in [5.41, 5.74) is 1.15. The van der Waals surface area contributed by atoms with Gasteiger partial charge in [-0.1, -0.05) is 54.1 Å². The highest BCUT2D eigenvalue weighted by molar-refractivity contribution is 7.89. The molecule has 0 heterocycles. The highest BCUT2D eigenvalue weighted by Crippen LogP contribution is 2.21. The number of para-hydroxylation sites is 1. The van der Waals surface area contributed by atoms with Gasteiger partial charge in [0.1, 0.15) is 11.9 Å². The summed E-state index contributed by atoms with van der Waals surface area (Å²) >= 11 is 6.09. The monoisotopic (exact) mass is 432 g/mol. The molecule has 0 aliphatic carbocycles. The lowest BCUT2D eigenvalue weighted by atomic mass is 10.1. The van der Waals surface area contributed by atoms with Crippen molar-refractivity contribution in [1.29, 1.82) is 0 Å². The van der Waals surface area contributed by atoms with Crippen molar-refractivity contribution in [1.82, 2.24) is 4.72 Å². The fourth-order valence-corrected chi connectivity index (χ4v) is 4.07. The van der Waals surface area contributed by atoms with Crippen molar-refractivity contribution < 1.29 is 17.6 Å². The van der Waals surface area contributed by atoms with Crippen molar-refractivity contribution in [2.75, 3.05) is 5.32 Å². The smallest absolute Gasteiger partial charge is 0.242 e. The molecule has 3 aromatic rings. The zero-order valence-electron chi connectivity index (χ0n) is 15.2. The van der Waals surface area contributed by atoms with Crippen LogP contribution in [0.1, 0.15) is 5.56 Å². The molecular weight excluding hydrogens is 415 g/mol. The molecule has 8 heteroatoms. The Kier molecular flexibility index (Phi) is 6.64. The van der Waals surface area contributed by atoms with E-state index in [9.17, 15) is 17.6 Å². The van der Waals surface area contributed by atoms with Crippen molar-refractivity contribution in [3.63, 3.8) is 0 Å². The van der Waals surface area contributed by atoms with Crippen LogP contribution in [-0.2, 0) is 21.2 Å². The quantitative estimate of drug-likeness (QED) is 0.592. The van der Waals surface area contributed by atoms with Crippen LogP contribution in [0.25, 0.3) is 0 Å². The number of amides is 1. The van der Waals surface area contributed by atoms with Gasteiger partial charge in [-0.15, -0.1) is 0 Å². The summed E-state index contributed by atoms with van der Waals surface area (Å²) in [6.45, 7) is 0. The van der Waals surface area contributed by atoms with Gasteiger partial charge in [0, 0.05) is 0 Å². The summed E-state index contributed by atoms with van der Waals surface area (Å²) in [5, 5.41) is 2.99. The van der Waals surface area contributed by atoms with E-state index >= 15 is 0 Å². The number of hydrogen-bond donors (Lipinski definition) is 2. The zero-order chi connectivity index (χ0) is 20.9. The van der Waals surface area contributed by atoms with E-state index in [0.29, 0.717) is 10.7 Å². The molecule has 2 N–H and O–H groups in total. The maximum atomic E-state index is 13.1. The van der Waals surface area contributed by atoms with Crippen LogP contribution in [0, 0.1) is 5.82 Å². The number of sulfonamides is 1. The first-order chi connectivity index (χ1) is 13.8. The highest BCUT2D eigenvalue weighted by Gasteiger charge is 2.26. The highest BCUT2D eigenvalue weighted by atomic mass is 35.5. The van der Waals surface area contributed by atoms with E-state index < -0.39 is 27.8 Å². The molecule has 0 radical (unpaired) electrons. The van der Waals surface area contributed by atoms with Crippen LogP contribution in [-0.4, -0.2) is 20.4 Å². The first-order valence-electron chi connectivity index (χ1n) is 8.72. The molecule has 0 saturated heterocycles. The third-order valence-electron chi connectivity index (χ3n) is 4.15. The van der Waals surface area contributed by atoms with Crippen molar-refractivity contribution in [2.45, 2.75) is 17.4 Å². The number of hydrogen-bond acceptors (Lipinski definition) is 3. The molecule has 150 valence electrons. The number of carbonyl (C=O) groups excluding carboxylic acids is 1. The largest absolute Gasteiger partial charge is 0.323 e. The summed E-state index contributed by atoms with van der Waals surface area (Å²) < 4.78 is 41.0. The van der Waals surface area contributed by atoms with E-state index in [0.717, 1.165) is 29.8 Å². The maximum Gasteiger partial charge on any atom is 0.242 e. The van der Waals surface area contributed by atoms with Crippen LogP contribution in [0.4, 0.5) is 10.1 Å². The van der Waals surface area contributed by atoms with Gasteiger partial charge in [0.2, 0.25) is 15.9 Å². The fourth-order valence-electron chi connectivity index (χ4n) is 2.69. The second-order valence-electron chi connectivity index (χ2n) is 6.29. The average molecular weight is 433 g/mol. The molecule has 0 aliphatic rings. The Morgan fingerprint density at radius 1 is 0.931 bits per heavy atom. The Bertz CT molecular complexity index is 1090. The van der Waals surface area contributed by atoms with Crippen molar-refractivity contribution in [2.24, 2.45) is 0 Å². The number of anilines is 1. The molecule has 29 heavy (non-hydrogen) atoms. The van der Waals surface area contributed by atoms with Crippen LogP contribution < -0.4 is 10.0 Å². The topological polar surface area (TPSA) is 75.3 Å². The minimum Gasteiger partial charge on any atom is -0.323 e. The number of benzene rings is 3. The maximum absolute atomic E-state index is 13.1. The summed E-state index contributed by atoms with van der Waals surface area (Å²) in [7, 11) is -4.05. The molecule has 5 nitrogen and oxygen atoms in total. The number of nitrogens with one attached hydrogen (secondary N) is 2. The lowest BCUT2D eigenvalue weighted by Gasteiger charge is -2.19. The minimum absolute atomic E-state index is 0.123. The molecule has 1 amide bonds. The van der Waals surface area contributed by atoms with Crippen LogP contribution in [0.15, 0.2) is 83.8 Å². The Hall–Kier alpha value is -2.74. The van der Waals surface area contributed by atoms with Gasteiger partial charge >= 0.3 is 0 Å². The van der Waals surface area contributed by atoms with Crippen LogP contribution in [0.5, 0.6) is 0 Å². The zero-order valence-corrected chi connectivity index (χ0v) is 16.8.